The highest BCUT2D eigenvalue weighted by molar-refractivity contribution is 9.10. The van der Waals surface area contributed by atoms with Gasteiger partial charge in [-0.1, -0.05) is 15.9 Å². The second-order valence-corrected chi connectivity index (χ2v) is 5.21. The van der Waals surface area contributed by atoms with Crippen molar-refractivity contribution in [2.24, 2.45) is 0 Å². The number of nitrogen functional groups attached to an aromatic ring is 1. The Balaban J connectivity index is 1.95. The van der Waals surface area contributed by atoms with Gasteiger partial charge in [0, 0.05) is 15.5 Å². The molecule has 6 heteroatoms. The molecular weight excluding hydrogens is 302 g/mol. The third-order valence-electron chi connectivity index (χ3n) is 2.04. The molecule has 0 saturated heterocycles. The van der Waals surface area contributed by atoms with Gasteiger partial charge in [-0.15, -0.1) is 11.3 Å². The molecule has 4 nitrogen and oxygen atoms in total. The number of halogens is 1. The molecule has 0 spiro atoms. The maximum atomic E-state index is 11.7. The maximum absolute atomic E-state index is 11.7. The Hall–Kier alpha value is -1.40. The highest BCUT2D eigenvalue weighted by Gasteiger charge is 2.06. The van der Waals surface area contributed by atoms with E-state index in [-0.39, 0.29) is 12.3 Å². The molecule has 0 aliphatic carbocycles. The van der Waals surface area contributed by atoms with E-state index in [1.807, 2.05) is 24.3 Å². The molecule has 0 fully saturated rings. The van der Waals surface area contributed by atoms with Crippen LogP contribution >= 0.6 is 27.3 Å². The van der Waals surface area contributed by atoms with Gasteiger partial charge in [-0.2, -0.15) is 0 Å². The van der Waals surface area contributed by atoms with E-state index in [0.29, 0.717) is 10.8 Å². The summed E-state index contributed by atoms with van der Waals surface area (Å²) in [6.07, 6.45) is 0.240. The molecule has 1 aromatic carbocycles. The molecule has 0 bridgehead atoms. The molecule has 1 aromatic heterocycles. The van der Waals surface area contributed by atoms with Crippen LogP contribution in [0.3, 0.4) is 0 Å². The first kappa shape index (κ1) is 12.1. The van der Waals surface area contributed by atoms with Crippen LogP contribution in [0.5, 0.6) is 0 Å². The van der Waals surface area contributed by atoms with Crippen molar-refractivity contribution in [3.63, 3.8) is 0 Å². The summed E-state index contributed by atoms with van der Waals surface area (Å²) in [7, 11) is 0. The first-order valence-corrected chi connectivity index (χ1v) is 6.56. The largest absolute Gasteiger partial charge is 0.375 e. The summed E-state index contributed by atoms with van der Waals surface area (Å²) in [5, 5.41) is 5.06. The van der Waals surface area contributed by atoms with Crippen LogP contribution in [0.2, 0.25) is 0 Å². The normalized spacial score (nSPS) is 10.2. The van der Waals surface area contributed by atoms with Gasteiger partial charge >= 0.3 is 0 Å². The minimum atomic E-state index is -0.0994. The van der Waals surface area contributed by atoms with Crippen LogP contribution in [0.15, 0.2) is 34.1 Å². The van der Waals surface area contributed by atoms with Gasteiger partial charge in [0.2, 0.25) is 5.91 Å². The number of rotatable bonds is 3. The molecule has 88 valence electrons. The molecule has 3 N–H and O–H groups in total. The Labute approximate surface area is 111 Å². The molecule has 0 aliphatic heterocycles. The molecule has 2 aromatic rings. The van der Waals surface area contributed by atoms with E-state index in [1.165, 1.54) is 11.3 Å². The number of carbonyl (C=O) groups excluding carboxylic acids is 1. The van der Waals surface area contributed by atoms with Gasteiger partial charge in [0.1, 0.15) is 0 Å². The van der Waals surface area contributed by atoms with Crippen molar-refractivity contribution >= 4 is 44.0 Å². The highest BCUT2D eigenvalue weighted by Crippen LogP contribution is 2.15. The maximum Gasteiger partial charge on any atom is 0.230 e. The average Bonchev–Trinajstić information content (AvgIpc) is 2.67. The molecule has 0 radical (unpaired) electrons. The number of carbonyl (C=O) groups is 1. The Morgan fingerprint density at radius 1 is 1.41 bits per heavy atom. The SMILES string of the molecule is Nc1nc(CC(=O)Nc2ccc(Br)cc2)cs1. The van der Waals surface area contributed by atoms with E-state index >= 15 is 0 Å². The summed E-state index contributed by atoms with van der Waals surface area (Å²) in [5.74, 6) is -0.0994. The number of hydrogen-bond donors (Lipinski definition) is 2. The molecular formula is C11H10BrN3OS. The molecule has 17 heavy (non-hydrogen) atoms. The van der Waals surface area contributed by atoms with Crippen molar-refractivity contribution in [3.8, 4) is 0 Å². The predicted octanol–water partition coefficient (Wildman–Crippen LogP) is 2.67. The van der Waals surface area contributed by atoms with E-state index in [9.17, 15) is 4.79 Å². The van der Waals surface area contributed by atoms with Crippen molar-refractivity contribution in [2.45, 2.75) is 6.42 Å². The molecule has 0 atom stereocenters. The lowest BCUT2D eigenvalue weighted by atomic mass is 10.3. The quantitative estimate of drug-likeness (QED) is 0.915. The van der Waals surface area contributed by atoms with Crippen molar-refractivity contribution in [1.29, 1.82) is 0 Å². The predicted molar refractivity (Wildman–Crippen MR) is 73.0 cm³/mol. The first-order chi connectivity index (χ1) is 8.13. The fourth-order valence-electron chi connectivity index (χ4n) is 1.31. The second kappa shape index (κ2) is 5.29. The van der Waals surface area contributed by atoms with Crippen LogP contribution in [0.25, 0.3) is 0 Å². The lowest BCUT2D eigenvalue weighted by molar-refractivity contribution is -0.115. The molecule has 0 aliphatic rings. The molecule has 0 unspecified atom stereocenters. The number of hydrogen-bond acceptors (Lipinski definition) is 4. The van der Waals surface area contributed by atoms with E-state index < -0.39 is 0 Å². The summed E-state index contributed by atoms with van der Waals surface area (Å²) < 4.78 is 0.975. The van der Waals surface area contributed by atoms with Gasteiger partial charge in [-0.25, -0.2) is 4.98 Å². The minimum Gasteiger partial charge on any atom is -0.375 e. The number of aromatic nitrogens is 1. The van der Waals surface area contributed by atoms with Gasteiger partial charge in [0.25, 0.3) is 0 Å². The number of amides is 1. The second-order valence-electron chi connectivity index (χ2n) is 3.41. The summed E-state index contributed by atoms with van der Waals surface area (Å²) in [4.78, 5) is 15.7. The lowest BCUT2D eigenvalue weighted by Gasteiger charge is -2.03. The van der Waals surface area contributed by atoms with Gasteiger partial charge in [0.15, 0.2) is 5.13 Å². The van der Waals surface area contributed by atoms with Gasteiger partial charge in [-0.3, -0.25) is 4.79 Å². The molecule has 1 amide bonds. The summed E-state index contributed by atoms with van der Waals surface area (Å²) in [6.45, 7) is 0. The third-order valence-corrected chi connectivity index (χ3v) is 3.29. The van der Waals surface area contributed by atoms with Crippen LogP contribution in [0.4, 0.5) is 10.8 Å². The van der Waals surface area contributed by atoms with Gasteiger partial charge < -0.3 is 11.1 Å². The lowest BCUT2D eigenvalue weighted by Crippen LogP contribution is -2.14. The van der Waals surface area contributed by atoms with Crippen LogP contribution in [0.1, 0.15) is 5.69 Å². The topological polar surface area (TPSA) is 68.0 Å². The monoisotopic (exact) mass is 311 g/mol. The van der Waals surface area contributed by atoms with Crippen molar-refractivity contribution in [1.82, 2.24) is 4.98 Å². The van der Waals surface area contributed by atoms with Crippen molar-refractivity contribution in [3.05, 3.63) is 39.8 Å². The van der Waals surface area contributed by atoms with Crippen LogP contribution < -0.4 is 11.1 Å². The number of nitrogens with zero attached hydrogens (tertiary/aromatic N) is 1. The van der Waals surface area contributed by atoms with Crippen molar-refractivity contribution in [2.75, 3.05) is 11.1 Å². The number of nitrogens with two attached hydrogens (primary N) is 1. The highest BCUT2D eigenvalue weighted by atomic mass is 79.9. The Morgan fingerprint density at radius 2 is 2.12 bits per heavy atom. The zero-order chi connectivity index (χ0) is 12.3. The van der Waals surface area contributed by atoms with E-state index in [0.717, 1.165) is 10.2 Å². The zero-order valence-electron chi connectivity index (χ0n) is 8.81. The standard InChI is InChI=1S/C11H10BrN3OS/c12-7-1-3-8(4-2-7)14-10(16)5-9-6-17-11(13)15-9/h1-4,6H,5H2,(H2,13,15)(H,14,16). The minimum absolute atomic E-state index is 0.0994. The van der Waals surface area contributed by atoms with Crippen molar-refractivity contribution < 1.29 is 4.79 Å². The summed E-state index contributed by atoms with van der Waals surface area (Å²) >= 11 is 4.67. The summed E-state index contributed by atoms with van der Waals surface area (Å²) in [5.41, 5.74) is 6.96. The number of benzene rings is 1. The fourth-order valence-corrected chi connectivity index (χ4v) is 2.13. The molecule has 2 rings (SSSR count). The summed E-state index contributed by atoms with van der Waals surface area (Å²) in [6, 6.07) is 7.40. The number of nitrogens with one attached hydrogen (secondary N) is 1. The third kappa shape index (κ3) is 3.54. The Bertz CT molecular complexity index is 524. The number of thiazole rings is 1. The van der Waals surface area contributed by atoms with Gasteiger partial charge in [0.05, 0.1) is 12.1 Å². The van der Waals surface area contributed by atoms with E-state index in [2.05, 4.69) is 26.2 Å². The van der Waals surface area contributed by atoms with Crippen LogP contribution in [-0.4, -0.2) is 10.9 Å². The number of anilines is 2. The van der Waals surface area contributed by atoms with E-state index in [1.54, 1.807) is 5.38 Å². The fraction of sp³-hybridized carbons (Fsp3) is 0.0909. The Morgan fingerprint density at radius 3 is 2.71 bits per heavy atom. The van der Waals surface area contributed by atoms with Crippen LogP contribution in [0, 0.1) is 0 Å². The first-order valence-electron chi connectivity index (χ1n) is 4.89. The van der Waals surface area contributed by atoms with Crippen LogP contribution in [-0.2, 0) is 11.2 Å². The Kier molecular flexibility index (Phi) is 3.75. The van der Waals surface area contributed by atoms with E-state index in [4.69, 9.17) is 5.73 Å². The smallest absolute Gasteiger partial charge is 0.230 e. The molecule has 1 heterocycles. The average molecular weight is 312 g/mol. The molecule has 0 saturated carbocycles. The van der Waals surface area contributed by atoms with Gasteiger partial charge in [-0.05, 0) is 24.3 Å². The zero-order valence-corrected chi connectivity index (χ0v) is 11.2.